The molecular weight excluding hydrogens is 178 g/mol. The van der Waals surface area contributed by atoms with Crippen molar-refractivity contribution in [2.45, 2.75) is 18.8 Å². The Balaban J connectivity index is 1.86. The Kier molecular flexibility index (Phi) is 1.03. The molecule has 1 aromatic heterocycles. The smallest absolute Gasteiger partial charge is 0.197 e. The summed E-state index contributed by atoms with van der Waals surface area (Å²) in [5, 5.41) is 15.2. The van der Waals surface area contributed by atoms with Crippen LogP contribution in [0.25, 0.3) is 0 Å². The van der Waals surface area contributed by atoms with Gasteiger partial charge in [-0.1, -0.05) is 0 Å². The van der Waals surface area contributed by atoms with Gasteiger partial charge < -0.3 is 0 Å². The first-order valence-electron chi connectivity index (χ1n) is 4.93. The van der Waals surface area contributed by atoms with E-state index >= 15 is 0 Å². The SMILES string of the molecule is C1N=NC(c2[nH]nc3c2CC2CC32)=N1. The van der Waals surface area contributed by atoms with Gasteiger partial charge in [-0.2, -0.15) is 10.2 Å². The second-order valence-corrected chi connectivity index (χ2v) is 4.13. The molecule has 2 atom stereocenters. The minimum Gasteiger partial charge on any atom is -0.274 e. The zero-order valence-electron chi connectivity index (χ0n) is 7.56. The van der Waals surface area contributed by atoms with E-state index < -0.39 is 0 Å². The van der Waals surface area contributed by atoms with Gasteiger partial charge in [-0.25, -0.2) is 4.99 Å². The quantitative estimate of drug-likeness (QED) is 0.706. The monoisotopic (exact) mass is 187 g/mol. The lowest BCUT2D eigenvalue weighted by molar-refractivity contribution is 0.838. The third kappa shape index (κ3) is 0.708. The predicted molar refractivity (Wildman–Crippen MR) is 49.4 cm³/mol. The summed E-state index contributed by atoms with van der Waals surface area (Å²) in [5.41, 5.74) is 3.61. The number of rotatable bonds is 1. The normalized spacial score (nSPS) is 31.6. The molecular formula is C9H9N5. The summed E-state index contributed by atoms with van der Waals surface area (Å²) < 4.78 is 0. The maximum Gasteiger partial charge on any atom is 0.197 e. The zero-order chi connectivity index (χ0) is 9.12. The van der Waals surface area contributed by atoms with Crippen molar-refractivity contribution >= 4 is 5.84 Å². The lowest BCUT2D eigenvalue weighted by Crippen LogP contribution is -1.99. The minimum atomic E-state index is 0.468. The number of amidine groups is 1. The molecule has 0 radical (unpaired) electrons. The topological polar surface area (TPSA) is 65.8 Å². The molecule has 14 heavy (non-hydrogen) atoms. The highest BCUT2D eigenvalue weighted by Crippen LogP contribution is 2.56. The minimum absolute atomic E-state index is 0.468. The number of nitrogens with one attached hydrogen (secondary N) is 1. The van der Waals surface area contributed by atoms with Crippen LogP contribution in [0, 0.1) is 5.92 Å². The van der Waals surface area contributed by atoms with E-state index in [1.807, 2.05) is 0 Å². The molecule has 5 nitrogen and oxygen atoms in total. The van der Waals surface area contributed by atoms with Crippen molar-refractivity contribution in [1.29, 1.82) is 0 Å². The summed E-state index contributed by atoms with van der Waals surface area (Å²) in [5.74, 6) is 2.33. The molecule has 0 bridgehead atoms. The Morgan fingerprint density at radius 1 is 1.36 bits per heavy atom. The van der Waals surface area contributed by atoms with Gasteiger partial charge in [0, 0.05) is 11.5 Å². The number of azo groups is 1. The molecule has 2 aliphatic carbocycles. The molecule has 0 aromatic carbocycles. The van der Waals surface area contributed by atoms with E-state index in [4.69, 9.17) is 0 Å². The number of aromatic nitrogens is 2. The van der Waals surface area contributed by atoms with Crippen LogP contribution in [0.3, 0.4) is 0 Å². The largest absolute Gasteiger partial charge is 0.274 e. The molecule has 70 valence electrons. The lowest BCUT2D eigenvalue weighted by Gasteiger charge is -1.96. The number of hydrogen-bond donors (Lipinski definition) is 1. The van der Waals surface area contributed by atoms with Gasteiger partial charge in [0.2, 0.25) is 0 Å². The highest BCUT2D eigenvalue weighted by Gasteiger charge is 2.48. The van der Waals surface area contributed by atoms with Crippen molar-refractivity contribution < 1.29 is 0 Å². The Labute approximate surface area is 80.3 Å². The first-order chi connectivity index (χ1) is 6.93. The number of aliphatic imine (C=N–C) groups is 1. The lowest BCUT2D eigenvalue weighted by atomic mass is 10.1. The number of H-pyrrole nitrogens is 1. The number of nitrogens with zero attached hydrogens (tertiary/aromatic N) is 4. The van der Waals surface area contributed by atoms with Crippen molar-refractivity contribution in [2.24, 2.45) is 21.1 Å². The summed E-state index contributed by atoms with van der Waals surface area (Å²) in [4.78, 5) is 4.21. The van der Waals surface area contributed by atoms with Crippen LogP contribution in [0.5, 0.6) is 0 Å². The highest BCUT2D eigenvalue weighted by molar-refractivity contribution is 5.99. The molecule has 2 unspecified atom stereocenters. The molecule has 1 aromatic rings. The van der Waals surface area contributed by atoms with Crippen LogP contribution in [0.2, 0.25) is 0 Å². The summed E-state index contributed by atoms with van der Waals surface area (Å²) in [6.45, 7) is 0.468. The third-order valence-corrected chi connectivity index (χ3v) is 3.31. The number of hydrogen-bond acceptors (Lipinski definition) is 4. The fourth-order valence-electron chi connectivity index (χ4n) is 2.51. The van der Waals surface area contributed by atoms with Crippen LogP contribution in [0.1, 0.15) is 29.3 Å². The summed E-state index contributed by atoms with van der Waals surface area (Å²) in [6.07, 6.45) is 2.48. The number of aromatic amines is 1. The predicted octanol–water partition coefficient (Wildman–Crippen LogP) is 1.24. The molecule has 0 spiro atoms. The maximum atomic E-state index is 4.36. The van der Waals surface area contributed by atoms with Gasteiger partial charge in [-0.15, -0.1) is 5.11 Å². The Morgan fingerprint density at radius 3 is 3.21 bits per heavy atom. The van der Waals surface area contributed by atoms with Crippen LogP contribution in [-0.2, 0) is 6.42 Å². The molecule has 1 aliphatic heterocycles. The first kappa shape index (κ1) is 6.86. The Hall–Kier alpha value is -1.52. The van der Waals surface area contributed by atoms with Gasteiger partial charge in [-0.05, 0) is 18.8 Å². The van der Waals surface area contributed by atoms with Crippen LogP contribution in [0.4, 0.5) is 0 Å². The van der Waals surface area contributed by atoms with Crippen LogP contribution in [-0.4, -0.2) is 22.7 Å². The zero-order valence-corrected chi connectivity index (χ0v) is 7.56. The van der Waals surface area contributed by atoms with Crippen molar-refractivity contribution in [3.8, 4) is 0 Å². The van der Waals surface area contributed by atoms with Gasteiger partial charge in [0.25, 0.3) is 0 Å². The van der Waals surface area contributed by atoms with Crippen molar-refractivity contribution in [2.75, 3.05) is 6.67 Å². The first-order valence-corrected chi connectivity index (χ1v) is 4.93. The molecule has 1 fully saturated rings. The molecule has 3 aliphatic rings. The van der Waals surface area contributed by atoms with Gasteiger partial charge >= 0.3 is 0 Å². The fraction of sp³-hybridized carbons (Fsp3) is 0.556. The van der Waals surface area contributed by atoms with E-state index in [1.54, 1.807) is 0 Å². The van der Waals surface area contributed by atoms with Crippen LogP contribution >= 0.6 is 0 Å². The molecule has 1 saturated carbocycles. The number of fused-ring (bicyclic) bond motifs is 3. The third-order valence-electron chi connectivity index (χ3n) is 3.31. The van der Waals surface area contributed by atoms with E-state index in [0.717, 1.165) is 29.8 Å². The summed E-state index contributed by atoms with van der Waals surface area (Å²) in [7, 11) is 0. The fourth-order valence-corrected chi connectivity index (χ4v) is 2.51. The van der Waals surface area contributed by atoms with E-state index in [2.05, 4.69) is 25.4 Å². The second-order valence-electron chi connectivity index (χ2n) is 4.13. The Morgan fingerprint density at radius 2 is 2.36 bits per heavy atom. The molecule has 1 N–H and O–H groups in total. The van der Waals surface area contributed by atoms with E-state index in [1.165, 1.54) is 17.7 Å². The van der Waals surface area contributed by atoms with E-state index in [0.29, 0.717) is 6.67 Å². The summed E-state index contributed by atoms with van der Waals surface area (Å²) >= 11 is 0. The van der Waals surface area contributed by atoms with Crippen molar-refractivity contribution in [1.82, 2.24) is 10.2 Å². The van der Waals surface area contributed by atoms with Gasteiger partial charge in [0.1, 0.15) is 5.69 Å². The average Bonchev–Trinajstić information content (AvgIpc) is 2.63. The van der Waals surface area contributed by atoms with Crippen molar-refractivity contribution in [3.05, 3.63) is 17.0 Å². The van der Waals surface area contributed by atoms with E-state index in [-0.39, 0.29) is 0 Å². The highest BCUT2D eigenvalue weighted by atomic mass is 15.3. The average molecular weight is 187 g/mol. The molecule has 4 rings (SSSR count). The molecule has 0 amide bonds. The van der Waals surface area contributed by atoms with Gasteiger partial charge in [0.05, 0.1) is 5.69 Å². The van der Waals surface area contributed by atoms with Crippen LogP contribution in [0.15, 0.2) is 15.2 Å². The van der Waals surface area contributed by atoms with Crippen molar-refractivity contribution in [3.63, 3.8) is 0 Å². The molecule has 5 heteroatoms. The van der Waals surface area contributed by atoms with E-state index in [9.17, 15) is 0 Å². The maximum absolute atomic E-state index is 4.36. The Bertz CT molecular complexity index is 470. The molecule has 0 saturated heterocycles. The van der Waals surface area contributed by atoms with Crippen LogP contribution < -0.4 is 0 Å². The second kappa shape index (κ2) is 2.10. The standard InChI is InChI=1S/C9H9N5/c1-4-2-6-7(5(1)4)12-13-8(6)9-10-3-11-14-9/h4-5H,1-3H2,(H,12,13). The van der Waals surface area contributed by atoms with Gasteiger partial charge in [-0.3, -0.25) is 5.10 Å². The summed E-state index contributed by atoms with van der Waals surface area (Å²) in [6, 6.07) is 0. The molecule has 2 heterocycles. The van der Waals surface area contributed by atoms with Gasteiger partial charge in [0.15, 0.2) is 12.5 Å².